The van der Waals surface area contributed by atoms with Gasteiger partial charge in [-0.2, -0.15) is 0 Å². The summed E-state index contributed by atoms with van der Waals surface area (Å²) >= 11 is 1.63. The Balaban J connectivity index is 1.86. The van der Waals surface area contributed by atoms with Gasteiger partial charge in [0.1, 0.15) is 6.04 Å². The second-order valence-electron chi connectivity index (χ2n) is 5.08. The van der Waals surface area contributed by atoms with Crippen LogP contribution in [0.4, 0.5) is 0 Å². The van der Waals surface area contributed by atoms with Crippen molar-refractivity contribution in [1.82, 2.24) is 9.88 Å². The monoisotopic (exact) mass is 288 g/mol. The molecule has 0 bridgehead atoms. The molecule has 0 spiro atoms. The highest BCUT2D eigenvalue weighted by molar-refractivity contribution is 7.11. The van der Waals surface area contributed by atoms with E-state index in [0.717, 1.165) is 15.4 Å². The number of aromatic nitrogens is 1. The molecule has 1 aliphatic rings. The van der Waals surface area contributed by atoms with Gasteiger partial charge in [0.25, 0.3) is 0 Å². The van der Waals surface area contributed by atoms with E-state index in [4.69, 9.17) is 0 Å². The number of benzene rings is 1. The largest absolute Gasteiger partial charge is 0.480 e. The third-order valence-corrected chi connectivity index (χ3v) is 4.56. The molecule has 1 unspecified atom stereocenters. The van der Waals surface area contributed by atoms with Crippen LogP contribution in [0.3, 0.4) is 0 Å². The maximum Gasteiger partial charge on any atom is 0.321 e. The molecule has 0 fully saturated rings. The molecule has 5 heteroatoms. The van der Waals surface area contributed by atoms with Crippen molar-refractivity contribution in [3.05, 3.63) is 51.5 Å². The minimum atomic E-state index is -0.749. The van der Waals surface area contributed by atoms with E-state index in [9.17, 15) is 9.90 Å². The fourth-order valence-electron chi connectivity index (χ4n) is 2.67. The van der Waals surface area contributed by atoms with E-state index < -0.39 is 12.0 Å². The maximum atomic E-state index is 11.5. The summed E-state index contributed by atoms with van der Waals surface area (Å²) in [4.78, 5) is 18.9. The zero-order valence-electron chi connectivity index (χ0n) is 11.2. The highest BCUT2D eigenvalue weighted by Gasteiger charge is 2.31. The van der Waals surface area contributed by atoms with Crippen LogP contribution in [0, 0.1) is 6.92 Å². The smallest absolute Gasteiger partial charge is 0.321 e. The first-order valence-corrected chi connectivity index (χ1v) is 7.40. The molecular weight excluding hydrogens is 272 g/mol. The van der Waals surface area contributed by atoms with E-state index in [0.29, 0.717) is 19.5 Å². The van der Waals surface area contributed by atoms with Gasteiger partial charge < -0.3 is 5.11 Å². The molecule has 20 heavy (non-hydrogen) atoms. The van der Waals surface area contributed by atoms with E-state index in [2.05, 4.69) is 11.1 Å². The van der Waals surface area contributed by atoms with Gasteiger partial charge >= 0.3 is 5.97 Å². The molecule has 1 aromatic heterocycles. The topological polar surface area (TPSA) is 53.4 Å². The van der Waals surface area contributed by atoms with Crippen LogP contribution in [0.1, 0.15) is 21.0 Å². The van der Waals surface area contributed by atoms with Crippen LogP contribution in [-0.4, -0.2) is 27.0 Å². The molecule has 0 saturated carbocycles. The summed E-state index contributed by atoms with van der Waals surface area (Å²) in [5.74, 6) is -0.749. The number of aliphatic carboxylic acids is 1. The Morgan fingerprint density at radius 3 is 2.85 bits per heavy atom. The summed E-state index contributed by atoms with van der Waals surface area (Å²) in [7, 11) is 0. The van der Waals surface area contributed by atoms with Crippen molar-refractivity contribution in [3.8, 4) is 0 Å². The number of nitrogens with zero attached hydrogens (tertiary/aromatic N) is 2. The average Bonchev–Trinajstić information content (AvgIpc) is 2.83. The molecule has 4 nitrogen and oxygen atoms in total. The molecule has 2 heterocycles. The van der Waals surface area contributed by atoms with Crippen molar-refractivity contribution in [3.63, 3.8) is 0 Å². The lowest BCUT2D eigenvalue weighted by Gasteiger charge is -2.33. The Morgan fingerprint density at radius 1 is 1.45 bits per heavy atom. The lowest BCUT2D eigenvalue weighted by atomic mass is 9.94. The number of thiazole rings is 1. The number of carboxylic acids is 1. The van der Waals surface area contributed by atoms with Crippen LogP contribution in [0.15, 0.2) is 30.5 Å². The molecule has 1 N–H and O–H groups in total. The van der Waals surface area contributed by atoms with Gasteiger partial charge in [-0.25, -0.2) is 4.98 Å². The number of hydrogen-bond donors (Lipinski definition) is 1. The van der Waals surface area contributed by atoms with Crippen LogP contribution in [0.2, 0.25) is 0 Å². The summed E-state index contributed by atoms with van der Waals surface area (Å²) in [6.07, 6.45) is 2.42. The zero-order chi connectivity index (χ0) is 14.1. The van der Waals surface area contributed by atoms with E-state index in [1.807, 2.05) is 36.2 Å². The number of carbonyl (C=O) groups is 1. The molecule has 0 saturated heterocycles. The number of carboxylic acid groups (broad SMARTS) is 1. The Morgan fingerprint density at radius 2 is 2.20 bits per heavy atom. The average molecular weight is 288 g/mol. The van der Waals surface area contributed by atoms with Crippen molar-refractivity contribution in [1.29, 1.82) is 0 Å². The van der Waals surface area contributed by atoms with Gasteiger partial charge in [-0.3, -0.25) is 9.69 Å². The lowest BCUT2D eigenvalue weighted by Crippen LogP contribution is -2.44. The summed E-state index contributed by atoms with van der Waals surface area (Å²) in [6, 6.07) is 7.64. The molecule has 1 atom stereocenters. The third kappa shape index (κ3) is 2.59. The molecule has 0 amide bonds. The number of rotatable bonds is 3. The normalized spacial score (nSPS) is 18.8. The molecule has 104 valence electrons. The van der Waals surface area contributed by atoms with Crippen LogP contribution in [0.25, 0.3) is 0 Å². The Kier molecular flexibility index (Phi) is 3.54. The zero-order valence-corrected chi connectivity index (χ0v) is 12.1. The van der Waals surface area contributed by atoms with Gasteiger partial charge in [0, 0.05) is 24.2 Å². The predicted molar refractivity (Wildman–Crippen MR) is 77.7 cm³/mol. The number of hydrogen-bond acceptors (Lipinski definition) is 4. The molecule has 0 radical (unpaired) electrons. The number of aryl methyl sites for hydroxylation is 1. The number of fused-ring (bicyclic) bond motifs is 1. The van der Waals surface area contributed by atoms with Gasteiger partial charge in [-0.1, -0.05) is 24.3 Å². The predicted octanol–water partition coefficient (Wildman–Crippen LogP) is 2.46. The fourth-order valence-corrected chi connectivity index (χ4v) is 3.49. The third-order valence-electron chi connectivity index (χ3n) is 3.66. The Bertz CT molecular complexity index is 638. The molecule has 1 aromatic carbocycles. The van der Waals surface area contributed by atoms with Crippen molar-refractivity contribution < 1.29 is 9.90 Å². The van der Waals surface area contributed by atoms with Gasteiger partial charge in [0.05, 0.1) is 5.01 Å². The lowest BCUT2D eigenvalue weighted by molar-refractivity contribution is -0.144. The van der Waals surface area contributed by atoms with Crippen molar-refractivity contribution in [2.75, 3.05) is 0 Å². The minimum absolute atomic E-state index is 0.452. The van der Waals surface area contributed by atoms with Crippen molar-refractivity contribution in [2.24, 2.45) is 0 Å². The van der Waals surface area contributed by atoms with Gasteiger partial charge in [-0.05, 0) is 24.5 Å². The van der Waals surface area contributed by atoms with Crippen molar-refractivity contribution >= 4 is 17.3 Å². The van der Waals surface area contributed by atoms with Crippen molar-refractivity contribution in [2.45, 2.75) is 32.5 Å². The highest BCUT2D eigenvalue weighted by atomic mass is 32.1. The first-order chi connectivity index (χ1) is 9.63. The van der Waals surface area contributed by atoms with Gasteiger partial charge in [0.15, 0.2) is 0 Å². The van der Waals surface area contributed by atoms with Crippen LogP contribution >= 0.6 is 11.3 Å². The molecule has 3 rings (SSSR count). The van der Waals surface area contributed by atoms with Crippen LogP contribution < -0.4 is 0 Å². The van der Waals surface area contributed by atoms with Crippen LogP contribution in [0.5, 0.6) is 0 Å². The first kappa shape index (κ1) is 13.3. The highest BCUT2D eigenvalue weighted by Crippen LogP contribution is 2.26. The van der Waals surface area contributed by atoms with Gasteiger partial charge in [-0.15, -0.1) is 11.3 Å². The summed E-state index contributed by atoms with van der Waals surface area (Å²) in [5, 5.41) is 10.5. The molecule has 0 aliphatic carbocycles. The van der Waals surface area contributed by atoms with Crippen LogP contribution in [-0.2, 0) is 24.3 Å². The first-order valence-electron chi connectivity index (χ1n) is 6.58. The standard InChI is InChI=1S/C15H16N2O2S/c1-10-16-7-13(20-10)9-17-8-12-5-3-2-4-11(12)6-14(17)15(18)19/h2-5,7,14H,6,8-9H2,1H3,(H,18,19). The second-order valence-corrected chi connectivity index (χ2v) is 6.40. The Labute approximate surface area is 121 Å². The molecular formula is C15H16N2O2S. The molecule has 2 aromatic rings. The minimum Gasteiger partial charge on any atom is -0.480 e. The maximum absolute atomic E-state index is 11.5. The van der Waals surface area contributed by atoms with E-state index in [-0.39, 0.29) is 0 Å². The van der Waals surface area contributed by atoms with E-state index >= 15 is 0 Å². The summed E-state index contributed by atoms with van der Waals surface area (Å²) in [6.45, 7) is 3.30. The van der Waals surface area contributed by atoms with E-state index in [1.165, 1.54) is 5.56 Å². The summed E-state index contributed by atoms with van der Waals surface area (Å²) in [5.41, 5.74) is 2.38. The van der Waals surface area contributed by atoms with Gasteiger partial charge in [0.2, 0.25) is 0 Å². The summed E-state index contributed by atoms with van der Waals surface area (Å²) < 4.78 is 0. The SMILES string of the molecule is Cc1ncc(CN2Cc3ccccc3CC2C(=O)O)s1. The second kappa shape index (κ2) is 5.34. The quantitative estimate of drug-likeness (QED) is 0.942. The fraction of sp³-hybridized carbons (Fsp3) is 0.333. The Hall–Kier alpha value is -1.72. The molecule has 1 aliphatic heterocycles. The van der Waals surface area contributed by atoms with E-state index in [1.54, 1.807) is 11.3 Å².